The number of carbonyl (C=O) groups is 1. The summed E-state index contributed by atoms with van der Waals surface area (Å²) in [5, 5.41) is 3.41. The van der Waals surface area contributed by atoms with Crippen molar-refractivity contribution in [2.75, 3.05) is 19.0 Å². The van der Waals surface area contributed by atoms with Gasteiger partial charge in [-0.3, -0.25) is 14.2 Å². The van der Waals surface area contributed by atoms with Crippen LogP contribution in [0.4, 0.5) is 5.69 Å². The van der Waals surface area contributed by atoms with Crippen LogP contribution >= 0.6 is 0 Å². The average molecular weight is 429 g/mol. The molecule has 0 atom stereocenters. The minimum absolute atomic E-state index is 0.129. The van der Waals surface area contributed by atoms with Gasteiger partial charge in [-0.25, -0.2) is 4.98 Å². The smallest absolute Gasteiger partial charge is 0.265 e. The lowest BCUT2D eigenvalue weighted by Gasteiger charge is -2.14. The number of fused-ring (bicyclic) bond motifs is 1. The van der Waals surface area contributed by atoms with Gasteiger partial charge in [0, 0.05) is 11.8 Å². The summed E-state index contributed by atoms with van der Waals surface area (Å²) in [7, 11) is 1.57. The molecule has 1 amide bonds. The second-order valence-corrected chi connectivity index (χ2v) is 7.33. The van der Waals surface area contributed by atoms with E-state index in [1.54, 1.807) is 61.1 Å². The lowest BCUT2D eigenvalue weighted by Crippen LogP contribution is -2.23. The second-order valence-electron chi connectivity index (χ2n) is 7.33. The summed E-state index contributed by atoms with van der Waals surface area (Å²) in [5.41, 5.74) is 2.69. The van der Waals surface area contributed by atoms with Crippen molar-refractivity contribution < 1.29 is 14.3 Å². The topological polar surface area (TPSA) is 82.4 Å². The molecular weight excluding hydrogens is 406 g/mol. The van der Waals surface area contributed by atoms with E-state index in [-0.39, 0.29) is 18.1 Å². The molecule has 3 aromatic carbocycles. The summed E-state index contributed by atoms with van der Waals surface area (Å²) in [6.07, 6.45) is 0. The standard InChI is InChI=1S/C25H23N3O4/c1-16-13-18(28-17(2)26-23-10-5-4-9-21(23)25(28)30)11-12-22(16)27-24(29)15-32-20-8-6-7-19(14-20)31-3/h4-14H,15H2,1-3H3,(H,27,29). The number of anilines is 1. The van der Waals surface area contributed by atoms with Crippen LogP contribution in [-0.4, -0.2) is 29.2 Å². The van der Waals surface area contributed by atoms with Gasteiger partial charge in [0.15, 0.2) is 6.61 Å². The molecule has 0 aliphatic rings. The molecule has 0 fully saturated rings. The molecule has 0 saturated heterocycles. The van der Waals surface area contributed by atoms with E-state index in [1.807, 2.05) is 31.2 Å². The molecule has 4 aromatic rings. The zero-order valence-electron chi connectivity index (χ0n) is 18.1. The van der Waals surface area contributed by atoms with E-state index < -0.39 is 0 Å². The molecule has 0 bridgehead atoms. The molecule has 1 heterocycles. The number of nitrogens with zero attached hydrogens (tertiary/aromatic N) is 2. The van der Waals surface area contributed by atoms with Crippen LogP contribution in [0.3, 0.4) is 0 Å². The molecular formula is C25H23N3O4. The summed E-state index contributed by atoms with van der Waals surface area (Å²) < 4.78 is 12.3. The zero-order chi connectivity index (χ0) is 22.7. The van der Waals surface area contributed by atoms with Crippen molar-refractivity contribution in [3.05, 3.63) is 88.5 Å². The van der Waals surface area contributed by atoms with Crippen molar-refractivity contribution in [3.8, 4) is 17.2 Å². The SMILES string of the molecule is COc1cccc(OCC(=O)Nc2ccc(-n3c(C)nc4ccccc4c3=O)cc2C)c1. The molecule has 1 aromatic heterocycles. The minimum atomic E-state index is -0.288. The molecule has 0 aliphatic heterocycles. The van der Waals surface area contributed by atoms with Crippen LogP contribution in [0.2, 0.25) is 0 Å². The molecule has 0 spiro atoms. The number of amides is 1. The van der Waals surface area contributed by atoms with Gasteiger partial charge in [-0.2, -0.15) is 0 Å². The van der Waals surface area contributed by atoms with Gasteiger partial charge in [0.1, 0.15) is 17.3 Å². The summed E-state index contributed by atoms with van der Waals surface area (Å²) in [5.74, 6) is 1.51. The Morgan fingerprint density at radius 1 is 1.00 bits per heavy atom. The fourth-order valence-corrected chi connectivity index (χ4v) is 3.50. The van der Waals surface area contributed by atoms with Crippen molar-refractivity contribution in [3.63, 3.8) is 0 Å². The van der Waals surface area contributed by atoms with Gasteiger partial charge < -0.3 is 14.8 Å². The molecule has 7 nitrogen and oxygen atoms in total. The summed E-state index contributed by atoms with van der Waals surface area (Å²) in [6.45, 7) is 3.53. The molecule has 0 saturated carbocycles. The quantitative estimate of drug-likeness (QED) is 0.500. The third-order valence-electron chi connectivity index (χ3n) is 5.10. The minimum Gasteiger partial charge on any atom is -0.497 e. The van der Waals surface area contributed by atoms with E-state index >= 15 is 0 Å². The van der Waals surface area contributed by atoms with E-state index in [0.29, 0.717) is 39.6 Å². The van der Waals surface area contributed by atoms with Crippen molar-refractivity contribution in [2.24, 2.45) is 0 Å². The summed E-state index contributed by atoms with van der Waals surface area (Å²) in [6, 6.07) is 19.8. The number of nitrogens with one attached hydrogen (secondary N) is 1. The summed E-state index contributed by atoms with van der Waals surface area (Å²) >= 11 is 0. The van der Waals surface area contributed by atoms with Crippen molar-refractivity contribution in [1.82, 2.24) is 9.55 Å². The summed E-state index contributed by atoms with van der Waals surface area (Å²) in [4.78, 5) is 29.9. The molecule has 4 rings (SSSR count). The van der Waals surface area contributed by atoms with Crippen molar-refractivity contribution in [2.45, 2.75) is 13.8 Å². The molecule has 0 unspecified atom stereocenters. The molecule has 162 valence electrons. The predicted molar refractivity (Wildman–Crippen MR) is 124 cm³/mol. The maximum Gasteiger partial charge on any atom is 0.265 e. The molecule has 1 N–H and O–H groups in total. The Kier molecular flexibility index (Phi) is 5.89. The highest BCUT2D eigenvalue weighted by Crippen LogP contribution is 2.21. The van der Waals surface area contributed by atoms with Crippen LogP contribution < -0.4 is 20.3 Å². The average Bonchev–Trinajstić information content (AvgIpc) is 2.79. The number of benzene rings is 3. The molecule has 0 radical (unpaired) electrons. The van der Waals surface area contributed by atoms with Crippen LogP contribution in [0.25, 0.3) is 16.6 Å². The Labute approximate surface area is 185 Å². The van der Waals surface area contributed by atoms with E-state index in [9.17, 15) is 9.59 Å². The Bertz CT molecular complexity index is 1360. The lowest BCUT2D eigenvalue weighted by atomic mass is 10.1. The molecule has 0 aliphatic carbocycles. The monoisotopic (exact) mass is 429 g/mol. The maximum atomic E-state index is 13.0. The van der Waals surface area contributed by atoms with Gasteiger partial charge in [0.05, 0.1) is 23.7 Å². The number of para-hydroxylation sites is 1. The van der Waals surface area contributed by atoms with Crippen molar-refractivity contribution >= 4 is 22.5 Å². The molecule has 7 heteroatoms. The van der Waals surface area contributed by atoms with Gasteiger partial charge in [-0.1, -0.05) is 18.2 Å². The largest absolute Gasteiger partial charge is 0.497 e. The Morgan fingerprint density at radius 2 is 1.78 bits per heavy atom. The third-order valence-corrected chi connectivity index (χ3v) is 5.10. The first-order chi connectivity index (χ1) is 15.5. The van der Waals surface area contributed by atoms with E-state index in [1.165, 1.54) is 0 Å². The lowest BCUT2D eigenvalue weighted by molar-refractivity contribution is -0.118. The first-order valence-corrected chi connectivity index (χ1v) is 10.1. The number of hydrogen-bond acceptors (Lipinski definition) is 5. The van der Waals surface area contributed by atoms with Gasteiger partial charge >= 0.3 is 0 Å². The number of aromatic nitrogens is 2. The third kappa shape index (κ3) is 4.32. The fourth-order valence-electron chi connectivity index (χ4n) is 3.50. The van der Waals surface area contributed by atoms with Crippen molar-refractivity contribution in [1.29, 1.82) is 0 Å². The number of hydrogen-bond donors (Lipinski definition) is 1. The van der Waals surface area contributed by atoms with Crippen LogP contribution in [0.1, 0.15) is 11.4 Å². The number of carbonyl (C=O) groups excluding carboxylic acids is 1. The van der Waals surface area contributed by atoms with E-state index in [0.717, 1.165) is 5.56 Å². The number of aryl methyl sites for hydroxylation is 2. The van der Waals surface area contributed by atoms with Crippen LogP contribution in [0.15, 0.2) is 71.5 Å². The maximum absolute atomic E-state index is 13.0. The van der Waals surface area contributed by atoms with Crippen LogP contribution in [0, 0.1) is 13.8 Å². The number of rotatable bonds is 6. The Hall–Kier alpha value is -4.13. The Balaban J connectivity index is 1.52. The second kappa shape index (κ2) is 8.93. The Morgan fingerprint density at radius 3 is 2.56 bits per heavy atom. The number of methoxy groups -OCH3 is 1. The highest BCUT2D eigenvalue weighted by molar-refractivity contribution is 5.92. The van der Waals surface area contributed by atoms with Crippen LogP contribution in [0.5, 0.6) is 11.5 Å². The first-order valence-electron chi connectivity index (χ1n) is 10.1. The van der Waals surface area contributed by atoms with E-state index in [2.05, 4.69) is 10.3 Å². The van der Waals surface area contributed by atoms with Gasteiger partial charge in [0.25, 0.3) is 11.5 Å². The fraction of sp³-hybridized carbons (Fsp3) is 0.160. The highest BCUT2D eigenvalue weighted by atomic mass is 16.5. The molecule has 32 heavy (non-hydrogen) atoms. The van der Waals surface area contributed by atoms with Gasteiger partial charge in [0.2, 0.25) is 0 Å². The highest BCUT2D eigenvalue weighted by Gasteiger charge is 2.12. The number of ether oxygens (including phenoxy) is 2. The zero-order valence-corrected chi connectivity index (χ0v) is 18.1. The van der Waals surface area contributed by atoms with Gasteiger partial charge in [-0.15, -0.1) is 0 Å². The predicted octanol–water partition coefficient (Wildman–Crippen LogP) is 4.03. The van der Waals surface area contributed by atoms with Gasteiger partial charge in [-0.05, 0) is 61.9 Å². The van der Waals surface area contributed by atoms with E-state index in [4.69, 9.17) is 9.47 Å². The first kappa shape index (κ1) is 21.1. The normalized spacial score (nSPS) is 10.7. The van der Waals surface area contributed by atoms with Crippen LogP contribution in [-0.2, 0) is 4.79 Å².